The molecule has 17 heavy (non-hydrogen) atoms. The molecule has 2 rings (SSSR count). The zero-order valence-corrected chi connectivity index (χ0v) is 10.2. The lowest BCUT2D eigenvalue weighted by atomic mass is 10.1. The fourth-order valence-electron chi connectivity index (χ4n) is 1.65. The predicted molar refractivity (Wildman–Crippen MR) is 66.9 cm³/mol. The number of benzene rings is 1. The Labute approximate surface area is 100 Å². The maximum absolute atomic E-state index is 5.57. The van der Waals surface area contributed by atoms with Crippen molar-refractivity contribution in [2.45, 2.75) is 26.9 Å². The standard InChI is InChI=1S/C13H16N2O2/c1-8(2)16-11-6-4-10(5-7-11)12-9(3)17-13(14)15-12/h4-8H,1-3H3,(H2,14,15). The Bertz CT molecular complexity index is 501. The van der Waals surface area contributed by atoms with Crippen molar-refractivity contribution in [3.05, 3.63) is 30.0 Å². The molecular weight excluding hydrogens is 216 g/mol. The van der Waals surface area contributed by atoms with E-state index >= 15 is 0 Å². The Morgan fingerprint density at radius 2 is 1.88 bits per heavy atom. The minimum Gasteiger partial charge on any atom is -0.491 e. The fraction of sp³-hybridized carbons (Fsp3) is 0.308. The summed E-state index contributed by atoms with van der Waals surface area (Å²) in [5.74, 6) is 1.57. The van der Waals surface area contributed by atoms with Crippen LogP contribution in [0.4, 0.5) is 6.01 Å². The normalized spacial score (nSPS) is 10.8. The van der Waals surface area contributed by atoms with Crippen molar-refractivity contribution >= 4 is 6.01 Å². The van der Waals surface area contributed by atoms with Gasteiger partial charge in [-0.25, -0.2) is 0 Å². The van der Waals surface area contributed by atoms with Crippen molar-refractivity contribution in [1.82, 2.24) is 4.98 Å². The minimum atomic E-state index is 0.172. The molecule has 1 aromatic heterocycles. The first-order valence-electron chi connectivity index (χ1n) is 5.56. The van der Waals surface area contributed by atoms with Crippen molar-refractivity contribution in [3.63, 3.8) is 0 Å². The predicted octanol–water partition coefficient (Wildman–Crippen LogP) is 3.02. The average molecular weight is 232 g/mol. The Balaban J connectivity index is 2.26. The lowest BCUT2D eigenvalue weighted by molar-refractivity contribution is 0.242. The molecule has 0 unspecified atom stereocenters. The molecule has 0 aliphatic heterocycles. The molecule has 4 nitrogen and oxygen atoms in total. The van der Waals surface area contributed by atoms with Gasteiger partial charge in [0, 0.05) is 5.56 Å². The SMILES string of the molecule is Cc1oc(N)nc1-c1ccc(OC(C)C)cc1. The largest absolute Gasteiger partial charge is 0.491 e. The number of hydrogen-bond donors (Lipinski definition) is 1. The van der Waals surface area contributed by atoms with Crippen LogP contribution in [0.1, 0.15) is 19.6 Å². The number of nitrogens with zero attached hydrogens (tertiary/aromatic N) is 1. The molecule has 1 heterocycles. The van der Waals surface area contributed by atoms with E-state index in [-0.39, 0.29) is 12.1 Å². The highest BCUT2D eigenvalue weighted by Crippen LogP contribution is 2.26. The summed E-state index contributed by atoms with van der Waals surface area (Å²) in [5, 5.41) is 0. The van der Waals surface area contributed by atoms with E-state index < -0.39 is 0 Å². The van der Waals surface area contributed by atoms with Crippen molar-refractivity contribution in [2.75, 3.05) is 5.73 Å². The van der Waals surface area contributed by atoms with Crippen molar-refractivity contribution in [1.29, 1.82) is 0 Å². The van der Waals surface area contributed by atoms with E-state index in [1.54, 1.807) is 0 Å². The van der Waals surface area contributed by atoms with E-state index in [1.165, 1.54) is 0 Å². The molecule has 2 aromatic rings. The summed E-state index contributed by atoms with van der Waals surface area (Å²) in [5.41, 5.74) is 7.26. The third-order valence-electron chi connectivity index (χ3n) is 2.31. The van der Waals surface area contributed by atoms with Crippen LogP contribution in [-0.4, -0.2) is 11.1 Å². The molecular formula is C13H16N2O2. The van der Waals surface area contributed by atoms with Crippen LogP contribution in [-0.2, 0) is 0 Å². The number of hydrogen-bond acceptors (Lipinski definition) is 4. The monoisotopic (exact) mass is 232 g/mol. The van der Waals surface area contributed by atoms with Gasteiger partial charge < -0.3 is 14.9 Å². The highest BCUT2D eigenvalue weighted by molar-refractivity contribution is 5.63. The second kappa shape index (κ2) is 4.49. The van der Waals surface area contributed by atoms with E-state index in [0.29, 0.717) is 0 Å². The number of anilines is 1. The van der Waals surface area contributed by atoms with Gasteiger partial charge in [0.2, 0.25) is 0 Å². The van der Waals surface area contributed by atoms with E-state index in [0.717, 1.165) is 22.8 Å². The molecule has 1 aromatic carbocycles. The summed E-state index contributed by atoms with van der Waals surface area (Å²) >= 11 is 0. The van der Waals surface area contributed by atoms with E-state index in [4.69, 9.17) is 14.9 Å². The van der Waals surface area contributed by atoms with Crippen LogP contribution < -0.4 is 10.5 Å². The molecule has 0 spiro atoms. The minimum absolute atomic E-state index is 0.172. The maximum atomic E-state index is 5.57. The first kappa shape index (κ1) is 11.5. The van der Waals surface area contributed by atoms with Crippen LogP contribution in [0.3, 0.4) is 0 Å². The molecule has 0 radical (unpaired) electrons. The Morgan fingerprint density at radius 1 is 1.24 bits per heavy atom. The first-order chi connectivity index (χ1) is 8.06. The van der Waals surface area contributed by atoms with Crippen LogP contribution in [0, 0.1) is 6.92 Å². The van der Waals surface area contributed by atoms with Gasteiger partial charge >= 0.3 is 0 Å². The molecule has 0 saturated carbocycles. The fourth-order valence-corrected chi connectivity index (χ4v) is 1.65. The van der Waals surface area contributed by atoms with Gasteiger partial charge in [-0.05, 0) is 45.0 Å². The van der Waals surface area contributed by atoms with E-state index in [1.807, 2.05) is 45.0 Å². The third-order valence-corrected chi connectivity index (χ3v) is 2.31. The summed E-state index contributed by atoms with van der Waals surface area (Å²) in [6.07, 6.45) is 0.172. The molecule has 0 saturated heterocycles. The van der Waals surface area contributed by atoms with E-state index in [9.17, 15) is 0 Å². The van der Waals surface area contributed by atoms with Crippen LogP contribution >= 0.6 is 0 Å². The summed E-state index contributed by atoms with van der Waals surface area (Å²) < 4.78 is 10.8. The van der Waals surface area contributed by atoms with Gasteiger partial charge in [0.1, 0.15) is 17.2 Å². The van der Waals surface area contributed by atoms with Gasteiger partial charge in [-0.1, -0.05) is 0 Å². The zero-order chi connectivity index (χ0) is 12.4. The van der Waals surface area contributed by atoms with Gasteiger partial charge in [-0.2, -0.15) is 4.98 Å². The number of ether oxygens (including phenoxy) is 1. The van der Waals surface area contributed by atoms with Crippen LogP contribution in [0.2, 0.25) is 0 Å². The Hall–Kier alpha value is -1.97. The van der Waals surface area contributed by atoms with Crippen LogP contribution in [0.25, 0.3) is 11.3 Å². The molecule has 2 N–H and O–H groups in total. The molecule has 0 atom stereocenters. The highest BCUT2D eigenvalue weighted by atomic mass is 16.5. The molecule has 4 heteroatoms. The second-order valence-electron chi connectivity index (χ2n) is 4.15. The van der Waals surface area contributed by atoms with Gasteiger partial charge in [0.15, 0.2) is 0 Å². The Morgan fingerprint density at radius 3 is 2.35 bits per heavy atom. The molecule has 90 valence electrons. The van der Waals surface area contributed by atoms with Crippen molar-refractivity contribution in [2.24, 2.45) is 0 Å². The summed E-state index contributed by atoms with van der Waals surface area (Å²) in [6, 6.07) is 7.92. The topological polar surface area (TPSA) is 61.3 Å². The molecule has 0 fully saturated rings. The van der Waals surface area contributed by atoms with Crippen molar-refractivity contribution < 1.29 is 9.15 Å². The third kappa shape index (κ3) is 2.58. The van der Waals surface area contributed by atoms with Gasteiger partial charge in [-0.15, -0.1) is 0 Å². The number of aromatic nitrogens is 1. The number of aryl methyl sites for hydroxylation is 1. The van der Waals surface area contributed by atoms with E-state index in [2.05, 4.69) is 4.98 Å². The quantitative estimate of drug-likeness (QED) is 0.883. The van der Waals surface area contributed by atoms with Crippen molar-refractivity contribution in [3.8, 4) is 17.0 Å². The molecule has 0 amide bonds. The zero-order valence-electron chi connectivity index (χ0n) is 10.2. The van der Waals surface area contributed by atoms with Crippen LogP contribution in [0.15, 0.2) is 28.7 Å². The number of nitrogen functional groups attached to an aromatic ring is 1. The van der Waals surface area contributed by atoms with Gasteiger partial charge in [0.05, 0.1) is 6.10 Å². The van der Waals surface area contributed by atoms with Gasteiger partial charge in [-0.3, -0.25) is 0 Å². The molecule has 0 bridgehead atoms. The number of rotatable bonds is 3. The lowest BCUT2D eigenvalue weighted by Crippen LogP contribution is -2.05. The summed E-state index contributed by atoms with van der Waals surface area (Å²) in [4.78, 5) is 4.14. The highest BCUT2D eigenvalue weighted by Gasteiger charge is 2.09. The smallest absolute Gasteiger partial charge is 0.292 e. The van der Waals surface area contributed by atoms with Gasteiger partial charge in [0.25, 0.3) is 6.01 Å². The van der Waals surface area contributed by atoms with Crippen LogP contribution in [0.5, 0.6) is 5.75 Å². The second-order valence-corrected chi connectivity index (χ2v) is 4.15. The first-order valence-corrected chi connectivity index (χ1v) is 5.56. The lowest BCUT2D eigenvalue weighted by Gasteiger charge is -2.09. The molecule has 0 aliphatic rings. The Kier molecular flexibility index (Phi) is 3.04. The summed E-state index contributed by atoms with van der Waals surface area (Å²) in [7, 11) is 0. The number of nitrogens with two attached hydrogens (primary N) is 1. The maximum Gasteiger partial charge on any atom is 0.292 e. The molecule has 0 aliphatic carbocycles. The average Bonchev–Trinajstić information content (AvgIpc) is 2.58. The summed E-state index contributed by atoms with van der Waals surface area (Å²) in [6.45, 7) is 5.84. The number of oxazole rings is 1.